The van der Waals surface area contributed by atoms with E-state index in [1.807, 2.05) is 0 Å². The van der Waals surface area contributed by atoms with Crippen LogP contribution in [-0.2, 0) is 0 Å². The van der Waals surface area contributed by atoms with E-state index in [-0.39, 0.29) is 0 Å². The van der Waals surface area contributed by atoms with Gasteiger partial charge in [-0.25, -0.2) is 0 Å². The molecule has 74 heavy (non-hydrogen) atoms. The van der Waals surface area contributed by atoms with Gasteiger partial charge in [-0.15, -0.1) is 0 Å². The molecule has 0 bridgehead atoms. The summed E-state index contributed by atoms with van der Waals surface area (Å²) in [5.41, 5.74) is 14.3. The van der Waals surface area contributed by atoms with Crippen LogP contribution in [0.1, 0.15) is 12.0 Å². The number of hydrogen-bond acceptors (Lipinski definition) is 4. The number of hydrogen-bond donors (Lipinski definition) is 0. The van der Waals surface area contributed by atoms with Gasteiger partial charge in [0.1, 0.15) is 0 Å². The molecule has 0 saturated heterocycles. The Morgan fingerprint density at radius 1 is 0.257 bits per heavy atom. The lowest BCUT2D eigenvalue weighted by molar-refractivity contribution is 1.17. The summed E-state index contributed by atoms with van der Waals surface area (Å²) in [7, 11) is -3.70. The Balaban J connectivity index is 1.08. The third-order valence-electron chi connectivity index (χ3n) is 15.3. The summed E-state index contributed by atoms with van der Waals surface area (Å²) in [4.78, 5) is 0. The minimum atomic E-state index is -3.70. The first-order valence-corrected chi connectivity index (χ1v) is 27.3. The summed E-state index contributed by atoms with van der Waals surface area (Å²) in [6.07, 6.45) is 21.3. The average Bonchev–Trinajstić information content (AvgIpc) is 4.03. The largest absolute Gasteiger partial charge is 0.520 e. The van der Waals surface area contributed by atoms with Crippen LogP contribution in [-0.4, -0.2) is 8.72 Å². The molecule has 350 valence electrons. The SMILES string of the molecule is C1=CC=C(c2ccc(N3C=CN(c4ccc(-c5ccccc5)c5ccccc45)[Si]34N(c3ccc(-c5ccccc5)c5ccccc35)C=CN4c3ccc(-c4ccccc4)c4ccccc34)c3ccccc23)CC=C1. The molecule has 3 aliphatic rings. The number of fused-ring (bicyclic) bond motifs is 4. The Hall–Kier alpha value is -9.42. The van der Waals surface area contributed by atoms with Crippen LogP contribution in [0, 0.1) is 0 Å². The smallest absolute Gasteiger partial charge is 0.320 e. The van der Waals surface area contributed by atoms with Crippen molar-refractivity contribution >= 4 is 80.1 Å². The topological polar surface area (TPSA) is 13.0 Å². The zero-order chi connectivity index (χ0) is 49.0. The maximum absolute atomic E-state index is 3.70. The van der Waals surface area contributed by atoms with Gasteiger partial charge in [-0.2, -0.15) is 0 Å². The van der Waals surface area contributed by atoms with Crippen LogP contribution < -0.4 is 18.3 Å². The molecule has 0 fully saturated rings. The summed E-state index contributed by atoms with van der Waals surface area (Å²) >= 11 is 0. The Labute approximate surface area is 433 Å². The van der Waals surface area contributed by atoms with Crippen LogP contribution in [0.4, 0.5) is 22.7 Å². The van der Waals surface area contributed by atoms with Crippen LogP contribution in [0.2, 0.25) is 0 Å². The molecule has 0 aromatic heterocycles. The number of allylic oxidation sites excluding steroid dienone is 6. The van der Waals surface area contributed by atoms with Gasteiger partial charge >= 0.3 is 8.72 Å². The first kappa shape index (κ1) is 43.4. The lowest BCUT2D eigenvalue weighted by atomic mass is 9.95. The summed E-state index contributed by atoms with van der Waals surface area (Å²) in [6, 6.07) is 87.3. The summed E-state index contributed by atoms with van der Waals surface area (Å²) < 4.78 is 10.7. The van der Waals surface area contributed by atoms with E-state index in [2.05, 4.69) is 310 Å². The van der Waals surface area contributed by atoms with Crippen molar-refractivity contribution in [2.45, 2.75) is 6.42 Å². The molecule has 1 spiro atoms. The van der Waals surface area contributed by atoms with E-state index in [1.54, 1.807) is 0 Å². The lowest BCUT2D eigenvalue weighted by Gasteiger charge is -2.50. The molecule has 11 aromatic rings. The second kappa shape index (κ2) is 18.0. The van der Waals surface area contributed by atoms with E-state index in [0.29, 0.717) is 0 Å². The third kappa shape index (κ3) is 6.89. The van der Waals surface area contributed by atoms with Crippen molar-refractivity contribution in [2.75, 3.05) is 18.3 Å². The molecular formula is C69H50N4Si. The molecule has 1 aliphatic carbocycles. The number of nitrogens with zero attached hydrogens (tertiary/aromatic N) is 4. The van der Waals surface area contributed by atoms with Crippen LogP contribution in [0.15, 0.2) is 292 Å². The van der Waals surface area contributed by atoms with E-state index in [1.165, 1.54) is 87.6 Å². The highest BCUT2D eigenvalue weighted by atomic mass is 28.4. The Bertz CT molecular complexity index is 3830. The summed E-state index contributed by atoms with van der Waals surface area (Å²) in [5, 5.41) is 9.63. The molecule has 0 radical (unpaired) electrons. The molecule has 11 aromatic carbocycles. The average molecular weight is 963 g/mol. The molecule has 0 amide bonds. The molecule has 14 rings (SSSR count). The zero-order valence-corrected chi connectivity index (χ0v) is 41.7. The molecule has 2 heterocycles. The summed E-state index contributed by atoms with van der Waals surface area (Å²) in [6.45, 7) is 0. The van der Waals surface area contributed by atoms with E-state index in [9.17, 15) is 0 Å². The molecule has 2 aliphatic heterocycles. The Morgan fingerprint density at radius 3 is 0.905 bits per heavy atom. The van der Waals surface area contributed by atoms with Crippen molar-refractivity contribution < 1.29 is 0 Å². The fourth-order valence-corrected chi connectivity index (χ4v) is 16.5. The fourth-order valence-electron chi connectivity index (χ4n) is 12.0. The minimum Gasteiger partial charge on any atom is -0.320 e. The predicted molar refractivity (Wildman–Crippen MR) is 317 cm³/mol. The van der Waals surface area contributed by atoms with Gasteiger partial charge in [0.05, 0.1) is 0 Å². The highest BCUT2D eigenvalue weighted by Gasteiger charge is 2.64. The van der Waals surface area contributed by atoms with Crippen molar-refractivity contribution in [2.24, 2.45) is 0 Å². The van der Waals surface area contributed by atoms with Gasteiger partial charge in [0.25, 0.3) is 0 Å². The second-order valence-electron chi connectivity index (χ2n) is 19.2. The van der Waals surface area contributed by atoms with Crippen molar-refractivity contribution in [3.63, 3.8) is 0 Å². The minimum absolute atomic E-state index is 0.863. The maximum atomic E-state index is 2.67. The molecule has 0 N–H and O–H groups in total. The van der Waals surface area contributed by atoms with E-state index in [0.717, 1.165) is 29.2 Å². The highest BCUT2D eigenvalue weighted by molar-refractivity contribution is 6.96. The third-order valence-corrected chi connectivity index (χ3v) is 19.4. The van der Waals surface area contributed by atoms with E-state index in [4.69, 9.17) is 0 Å². The number of anilines is 4. The van der Waals surface area contributed by atoms with Gasteiger partial charge in [-0.05, 0) is 96.7 Å². The molecule has 5 heteroatoms. The van der Waals surface area contributed by atoms with E-state index >= 15 is 0 Å². The van der Waals surface area contributed by atoms with Crippen molar-refractivity contribution in [1.82, 2.24) is 0 Å². The van der Waals surface area contributed by atoms with Gasteiger partial charge in [0.15, 0.2) is 0 Å². The quantitative estimate of drug-likeness (QED) is 0.141. The zero-order valence-electron chi connectivity index (χ0n) is 40.7. The molecule has 0 saturated carbocycles. The Morgan fingerprint density at radius 2 is 0.554 bits per heavy atom. The number of rotatable bonds is 8. The van der Waals surface area contributed by atoms with Gasteiger partial charge in [-0.3, -0.25) is 0 Å². The van der Waals surface area contributed by atoms with Crippen molar-refractivity contribution in [1.29, 1.82) is 0 Å². The van der Waals surface area contributed by atoms with Gasteiger partial charge in [0.2, 0.25) is 0 Å². The standard InChI is InChI=1S/C69H50N4Si/c1-2-7-23-50(22-6-1)54-38-42-66(62-34-18-14-30-58(54)62)70-46-47-71(67-43-39-55(51-24-8-3-9-25-51)59-31-15-19-35-63(59)67)74(70)72(68-44-40-56(52-26-10-4-11-27-52)60-32-16-20-36-64(60)68)48-49-73(74)69-45-41-57(53-28-12-5-13-29-53)61-33-17-21-37-65(61)69/h1-22,24-49H,23H2. The van der Waals surface area contributed by atoms with Crippen LogP contribution >= 0.6 is 0 Å². The van der Waals surface area contributed by atoms with Crippen molar-refractivity contribution in [3.05, 3.63) is 297 Å². The van der Waals surface area contributed by atoms with E-state index < -0.39 is 8.72 Å². The molecule has 4 nitrogen and oxygen atoms in total. The van der Waals surface area contributed by atoms with Crippen LogP contribution in [0.3, 0.4) is 0 Å². The van der Waals surface area contributed by atoms with Gasteiger partial charge in [0, 0.05) is 69.1 Å². The monoisotopic (exact) mass is 962 g/mol. The van der Waals surface area contributed by atoms with Crippen LogP contribution in [0.5, 0.6) is 0 Å². The molecular weight excluding hydrogens is 913 g/mol. The van der Waals surface area contributed by atoms with Crippen molar-refractivity contribution in [3.8, 4) is 33.4 Å². The lowest BCUT2D eigenvalue weighted by Crippen LogP contribution is -2.77. The predicted octanol–water partition coefficient (Wildman–Crippen LogP) is 17.9. The highest BCUT2D eigenvalue weighted by Crippen LogP contribution is 2.52. The fraction of sp³-hybridized carbons (Fsp3) is 0.0145. The van der Waals surface area contributed by atoms with Gasteiger partial charge in [-0.1, -0.05) is 243 Å². The Kier molecular flexibility index (Phi) is 10.6. The first-order valence-electron chi connectivity index (χ1n) is 25.6. The molecule has 0 unspecified atom stereocenters. The molecule has 0 atom stereocenters. The first-order chi connectivity index (χ1) is 36.8. The van der Waals surface area contributed by atoms with Gasteiger partial charge < -0.3 is 18.3 Å². The van der Waals surface area contributed by atoms with Crippen LogP contribution in [0.25, 0.3) is 82.0 Å². The number of benzene rings is 11. The summed E-state index contributed by atoms with van der Waals surface area (Å²) in [5.74, 6) is 0. The normalized spacial score (nSPS) is 14.8. The second-order valence-corrected chi connectivity index (χ2v) is 22.3. The maximum Gasteiger partial charge on any atom is 0.520 e.